The van der Waals surface area contributed by atoms with E-state index in [9.17, 15) is 0 Å². The Labute approximate surface area is 111 Å². The van der Waals surface area contributed by atoms with E-state index < -0.39 is 0 Å². The summed E-state index contributed by atoms with van der Waals surface area (Å²) in [4.78, 5) is 0. The molecule has 0 aromatic carbocycles. The second-order valence-corrected chi connectivity index (χ2v) is 6.52. The maximum atomic E-state index is 6.11. The maximum Gasteiger partial charge on any atom is 0.490 e. The van der Waals surface area contributed by atoms with Crippen molar-refractivity contribution in [1.29, 1.82) is 0 Å². The summed E-state index contributed by atoms with van der Waals surface area (Å²) in [5, 5.41) is 0. The van der Waals surface area contributed by atoms with Gasteiger partial charge < -0.3 is 14.0 Å². The van der Waals surface area contributed by atoms with Crippen LogP contribution in [0.2, 0.25) is 0 Å². The van der Waals surface area contributed by atoms with Crippen molar-refractivity contribution in [3.05, 3.63) is 11.5 Å². The van der Waals surface area contributed by atoms with Crippen molar-refractivity contribution in [2.45, 2.75) is 64.8 Å². The Hall–Kier alpha value is -0.315. The van der Waals surface area contributed by atoms with Crippen LogP contribution < -0.4 is 0 Å². The molecule has 3 nitrogen and oxygen atoms in total. The Kier molecular flexibility index (Phi) is 3.65. The summed E-state index contributed by atoms with van der Waals surface area (Å²) in [7, 11) is 1.59. The fourth-order valence-electron chi connectivity index (χ4n) is 2.60. The van der Waals surface area contributed by atoms with E-state index in [1.54, 1.807) is 7.11 Å². The minimum Gasteiger partial charge on any atom is -0.400 e. The second-order valence-electron chi connectivity index (χ2n) is 6.52. The van der Waals surface area contributed by atoms with Crippen LogP contribution in [0, 0.1) is 5.92 Å². The molecule has 1 aliphatic heterocycles. The topological polar surface area (TPSA) is 27.7 Å². The molecule has 102 valence electrons. The molecule has 0 aromatic rings. The summed E-state index contributed by atoms with van der Waals surface area (Å²) in [6.07, 6.45) is 4.59. The van der Waals surface area contributed by atoms with Crippen molar-refractivity contribution in [3.8, 4) is 0 Å². The fraction of sp³-hybridized carbons (Fsp3) is 0.857. The fourth-order valence-corrected chi connectivity index (χ4v) is 2.60. The predicted octanol–water partition coefficient (Wildman–Crippen LogP) is 2.99. The molecule has 0 spiro atoms. The highest BCUT2D eigenvalue weighted by atomic mass is 16.7. The second kappa shape index (κ2) is 4.66. The van der Waals surface area contributed by atoms with Gasteiger partial charge >= 0.3 is 7.12 Å². The van der Waals surface area contributed by atoms with Gasteiger partial charge in [0.1, 0.15) is 0 Å². The van der Waals surface area contributed by atoms with Crippen LogP contribution in [-0.2, 0) is 14.0 Å². The van der Waals surface area contributed by atoms with Gasteiger partial charge in [-0.15, -0.1) is 0 Å². The van der Waals surface area contributed by atoms with Gasteiger partial charge in [0.05, 0.1) is 17.3 Å². The van der Waals surface area contributed by atoms with E-state index >= 15 is 0 Å². The van der Waals surface area contributed by atoms with E-state index in [2.05, 4.69) is 40.7 Å². The zero-order chi connectivity index (χ0) is 13.6. The van der Waals surface area contributed by atoms with Crippen molar-refractivity contribution >= 4 is 7.12 Å². The molecule has 1 aliphatic carbocycles. The zero-order valence-electron chi connectivity index (χ0n) is 12.4. The van der Waals surface area contributed by atoms with Crippen LogP contribution in [0.5, 0.6) is 0 Å². The first-order valence-electron chi connectivity index (χ1n) is 6.85. The molecule has 2 aliphatic rings. The van der Waals surface area contributed by atoms with Crippen molar-refractivity contribution in [3.63, 3.8) is 0 Å². The minimum atomic E-state index is -0.254. The molecule has 0 N–H and O–H groups in total. The van der Waals surface area contributed by atoms with E-state index in [4.69, 9.17) is 14.0 Å². The summed E-state index contributed by atoms with van der Waals surface area (Å²) in [6.45, 7) is 10.6. The van der Waals surface area contributed by atoms with Crippen molar-refractivity contribution < 1.29 is 14.0 Å². The van der Waals surface area contributed by atoms with Gasteiger partial charge in [-0.2, -0.15) is 0 Å². The molecule has 2 atom stereocenters. The van der Waals surface area contributed by atoms with Gasteiger partial charge in [0.25, 0.3) is 0 Å². The summed E-state index contributed by atoms with van der Waals surface area (Å²) in [6, 6.07) is 0. The van der Waals surface area contributed by atoms with E-state index in [1.165, 1.54) is 5.47 Å². The molecule has 1 fully saturated rings. The molecule has 0 bridgehead atoms. The largest absolute Gasteiger partial charge is 0.490 e. The van der Waals surface area contributed by atoms with Gasteiger partial charge in [0.2, 0.25) is 0 Å². The molecule has 0 aromatic heterocycles. The van der Waals surface area contributed by atoms with Crippen molar-refractivity contribution in [1.82, 2.24) is 0 Å². The Morgan fingerprint density at radius 3 is 2.22 bits per heavy atom. The average Bonchev–Trinajstić information content (AvgIpc) is 2.47. The number of hydrogen-bond donors (Lipinski definition) is 0. The van der Waals surface area contributed by atoms with E-state index in [-0.39, 0.29) is 18.3 Å². The van der Waals surface area contributed by atoms with Crippen molar-refractivity contribution in [2.75, 3.05) is 7.11 Å². The summed E-state index contributed by atoms with van der Waals surface area (Å²) >= 11 is 0. The van der Waals surface area contributed by atoms with Crippen LogP contribution in [0.15, 0.2) is 11.5 Å². The SMILES string of the molecule is COC1CC=C(B2OC(C)(C)C(C)(C)O2)C(C)C1. The molecule has 0 amide bonds. The zero-order valence-corrected chi connectivity index (χ0v) is 12.4. The van der Waals surface area contributed by atoms with E-state index in [0.29, 0.717) is 12.0 Å². The first-order chi connectivity index (χ1) is 8.27. The maximum absolute atomic E-state index is 6.11. The van der Waals surface area contributed by atoms with Crippen molar-refractivity contribution in [2.24, 2.45) is 5.92 Å². The Morgan fingerprint density at radius 2 is 1.78 bits per heavy atom. The van der Waals surface area contributed by atoms with Gasteiger partial charge in [-0.05, 0) is 51.9 Å². The number of methoxy groups -OCH3 is 1. The van der Waals surface area contributed by atoms with Crippen LogP contribution in [0.1, 0.15) is 47.5 Å². The summed E-state index contributed by atoms with van der Waals surface area (Å²) in [5.41, 5.74) is 0.772. The van der Waals surface area contributed by atoms with Crippen LogP contribution in [0.4, 0.5) is 0 Å². The van der Waals surface area contributed by atoms with Crippen LogP contribution in [0.25, 0.3) is 0 Å². The third kappa shape index (κ3) is 2.38. The number of rotatable bonds is 2. The van der Waals surface area contributed by atoms with Gasteiger partial charge in [-0.1, -0.05) is 13.0 Å². The third-order valence-corrected chi connectivity index (χ3v) is 4.66. The molecular formula is C14H25BO3. The minimum absolute atomic E-state index is 0.192. The highest BCUT2D eigenvalue weighted by Gasteiger charge is 2.53. The van der Waals surface area contributed by atoms with Crippen LogP contribution in [0.3, 0.4) is 0 Å². The lowest BCUT2D eigenvalue weighted by atomic mass is 9.67. The molecule has 18 heavy (non-hydrogen) atoms. The van der Waals surface area contributed by atoms with Gasteiger partial charge in [0, 0.05) is 7.11 Å². The Balaban J connectivity index is 2.13. The average molecular weight is 252 g/mol. The first kappa shape index (κ1) is 14.1. The Morgan fingerprint density at radius 1 is 1.22 bits per heavy atom. The molecule has 1 heterocycles. The lowest BCUT2D eigenvalue weighted by Crippen LogP contribution is -2.41. The standard InChI is InChI=1S/C14H25BO3/c1-10-9-11(16-6)7-8-12(10)15-17-13(2,3)14(4,5)18-15/h8,10-11H,7,9H2,1-6H3. The number of ether oxygens (including phenoxy) is 1. The van der Waals surface area contributed by atoms with Gasteiger partial charge in [-0.3, -0.25) is 0 Å². The van der Waals surface area contributed by atoms with E-state index in [1.807, 2.05) is 0 Å². The lowest BCUT2D eigenvalue weighted by Gasteiger charge is -2.32. The summed E-state index contributed by atoms with van der Waals surface area (Å²) < 4.78 is 17.7. The van der Waals surface area contributed by atoms with Gasteiger partial charge in [0.15, 0.2) is 0 Å². The first-order valence-corrected chi connectivity index (χ1v) is 6.85. The molecular weight excluding hydrogens is 227 g/mol. The Bertz CT molecular complexity index is 333. The molecule has 0 radical (unpaired) electrons. The summed E-state index contributed by atoms with van der Waals surface area (Å²) in [5.74, 6) is 0.457. The molecule has 0 saturated carbocycles. The van der Waals surface area contributed by atoms with Gasteiger partial charge in [-0.25, -0.2) is 0 Å². The van der Waals surface area contributed by atoms with Crippen LogP contribution >= 0.6 is 0 Å². The molecule has 2 rings (SSSR count). The quantitative estimate of drug-likeness (QED) is 0.707. The monoisotopic (exact) mass is 252 g/mol. The lowest BCUT2D eigenvalue weighted by molar-refractivity contribution is 0.00578. The molecule has 1 saturated heterocycles. The normalized spacial score (nSPS) is 34.6. The number of allylic oxidation sites excluding steroid dienone is 1. The smallest absolute Gasteiger partial charge is 0.400 e. The highest BCUT2D eigenvalue weighted by molar-refractivity contribution is 6.54. The molecule has 2 unspecified atom stereocenters. The number of hydrogen-bond acceptors (Lipinski definition) is 3. The third-order valence-electron chi connectivity index (χ3n) is 4.66. The van der Waals surface area contributed by atoms with E-state index in [0.717, 1.165) is 12.8 Å². The molecule has 4 heteroatoms. The predicted molar refractivity (Wildman–Crippen MR) is 73.4 cm³/mol. The van der Waals surface area contributed by atoms with Crippen LogP contribution in [-0.4, -0.2) is 31.5 Å². The highest BCUT2D eigenvalue weighted by Crippen LogP contribution is 2.41.